The highest BCUT2D eigenvalue weighted by Crippen LogP contribution is 2.24. The van der Waals surface area contributed by atoms with Crippen LogP contribution < -0.4 is 14.8 Å². The molecule has 0 saturated heterocycles. The SMILES string of the molecule is CCCOc1ccc(NC(=O)[C@H](C)Oc2ccccc2Cl)cc1. The minimum atomic E-state index is -0.661. The number of amides is 1. The zero-order valence-corrected chi connectivity index (χ0v) is 14.0. The Morgan fingerprint density at radius 1 is 1.17 bits per heavy atom. The lowest BCUT2D eigenvalue weighted by atomic mass is 10.2. The van der Waals surface area contributed by atoms with Gasteiger partial charge in [0.05, 0.1) is 11.6 Å². The van der Waals surface area contributed by atoms with Gasteiger partial charge in [-0.25, -0.2) is 0 Å². The van der Waals surface area contributed by atoms with Crippen LogP contribution in [0.4, 0.5) is 5.69 Å². The summed E-state index contributed by atoms with van der Waals surface area (Å²) in [6.45, 7) is 4.40. The Morgan fingerprint density at radius 3 is 2.52 bits per heavy atom. The molecule has 1 N–H and O–H groups in total. The van der Waals surface area contributed by atoms with Gasteiger partial charge in [-0.15, -0.1) is 0 Å². The third-order valence-electron chi connectivity index (χ3n) is 3.10. The van der Waals surface area contributed by atoms with Gasteiger partial charge in [0.15, 0.2) is 6.10 Å². The molecular formula is C18H20ClNO3. The van der Waals surface area contributed by atoms with Crippen LogP contribution in [0.3, 0.4) is 0 Å². The average Bonchev–Trinajstić information content (AvgIpc) is 2.56. The highest BCUT2D eigenvalue weighted by molar-refractivity contribution is 6.32. The second-order valence-electron chi connectivity index (χ2n) is 5.05. The smallest absolute Gasteiger partial charge is 0.265 e. The average molecular weight is 334 g/mol. The molecule has 2 rings (SSSR count). The summed E-state index contributed by atoms with van der Waals surface area (Å²) in [4.78, 5) is 12.2. The van der Waals surface area contributed by atoms with Gasteiger partial charge >= 0.3 is 0 Å². The number of anilines is 1. The molecule has 2 aromatic carbocycles. The number of carbonyl (C=O) groups is 1. The van der Waals surface area contributed by atoms with Crippen LogP contribution in [0.5, 0.6) is 11.5 Å². The van der Waals surface area contributed by atoms with Crippen molar-refractivity contribution in [1.29, 1.82) is 0 Å². The lowest BCUT2D eigenvalue weighted by molar-refractivity contribution is -0.122. The van der Waals surface area contributed by atoms with Crippen molar-refractivity contribution in [2.75, 3.05) is 11.9 Å². The molecule has 0 bridgehead atoms. The molecule has 0 aromatic heterocycles. The number of benzene rings is 2. The fourth-order valence-electron chi connectivity index (χ4n) is 1.88. The van der Waals surface area contributed by atoms with Gasteiger partial charge in [0.2, 0.25) is 0 Å². The molecule has 0 radical (unpaired) electrons. The van der Waals surface area contributed by atoms with Crippen LogP contribution >= 0.6 is 11.6 Å². The molecule has 1 amide bonds. The van der Waals surface area contributed by atoms with E-state index in [2.05, 4.69) is 12.2 Å². The molecule has 2 aromatic rings. The molecule has 0 unspecified atom stereocenters. The molecule has 0 aliphatic heterocycles. The van der Waals surface area contributed by atoms with Gasteiger partial charge in [0.1, 0.15) is 11.5 Å². The van der Waals surface area contributed by atoms with Gasteiger partial charge in [-0.1, -0.05) is 30.7 Å². The number of hydrogen-bond donors (Lipinski definition) is 1. The second kappa shape index (κ2) is 8.44. The first-order valence-corrected chi connectivity index (χ1v) is 7.93. The molecule has 0 aliphatic carbocycles. The summed E-state index contributed by atoms with van der Waals surface area (Å²) in [6, 6.07) is 14.3. The molecule has 1 atom stereocenters. The van der Waals surface area contributed by atoms with E-state index in [0.29, 0.717) is 23.1 Å². The van der Waals surface area contributed by atoms with Crippen molar-refractivity contribution in [2.24, 2.45) is 0 Å². The summed E-state index contributed by atoms with van der Waals surface area (Å²) in [7, 11) is 0. The maximum absolute atomic E-state index is 12.2. The molecule has 0 fully saturated rings. The van der Waals surface area contributed by atoms with Crippen LogP contribution in [0.25, 0.3) is 0 Å². The van der Waals surface area contributed by atoms with Gasteiger partial charge in [-0.05, 0) is 49.7 Å². The van der Waals surface area contributed by atoms with E-state index in [4.69, 9.17) is 21.1 Å². The molecule has 4 nitrogen and oxygen atoms in total. The molecule has 122 valence electrons. The highest BCUT2D eigenvalue weighted by atomic mass is 35.5. The van der Waals surface area contributed by atoms with E-state index in [1.165, 1.54) is 0 Å². The zero-order valence-electron chi connectivity index (χ0n) is 13.2. The molecule has 5 heteroatoms. The maximum Gasteiger partial charge on any atom is 0.265 e. The Morgan fingerprint density at radius 2 is 1.87 bits per heavy atom. The van der Waals surface area contributed by atoms with E-state index < -0.39 is 6.10 Å². The van der Waals surface area contributed by atoms with Crippen molar-refractivity contribution in [3.05, 3.63) is 53.6 Å². The second-order valence-corrected chi connectivity index (χ2v) is 5.46. The summed E-state index contributed by atoms with van der Waals surface area (Å²) >= 11 is 6.02. The van der Waals surface area contributed by atoms with Crippen LogP contribution in [-0.4, -0.2) is 18.6 Å². The molecule has 0 saturated carbocycles. The first kappa shape index (κ1) is 17.2. The van der Waals surface area contributed by atoms with Gasteiger partial charge in [0.25, 0.3) is 5.91 Å². The topological polar surface area (TPSA) is 47.6 Å². The summed E-state index contributed by atoms with van der Waals surface area (Å²) < 4.78 is 11.1. The number of carbonyl (C=O) groups excluding carboxylic acids is 1. The molecule has 0 spiro atoms. The predicted molar refractivity (Wildman–Crippen MR) is 92.4 cm³/mol. The quantitative estimate of drug-likeness (QED) is 0.809. The van der Waals surface area contributed by atoms with Crippen molar-refractivity contribution in [3.63, 3.8) is 0 Å². The largest absolute Gasteiger partial charge is 0.494 e. The Labute approximate surface area is 141 Å². The fourth-order valence-corrected chi connectivity index (χ4v) is 2.06. The van der Waals surface area contributed by atoms with E-state index in [1.807, 2.05) is 18.2 Å². The molecular weight excluding hydrogens is 314 g/mol. The maximum atomic E-state index is 12.2. The fraction of sp³-hybridized carbons (Fsp3) is 0.278. The van der Waals surface area contributed by atoms with Crippen LogP contribution in [-0.2, 0) is 4.79 Å². The standard InChI is InChI=1S/C18H20ClNO3/c1-3-12-22-15-10-8-14(9-11-15)20-18(21)13(2)23-17-7-5-4-6-16(17)19/h4-11,13H,3,12H2,1-2H3,(H,20,21)/t13-/m0/s1. The highest BCUT2D eigenvalue weighted by Gasteiger charge is 2.16. The van der Waals surface area contributed by atoms with E-state index in [9.17, 15) is 4.79 Å². The van der Waals surface area contributed by atoms with Crippen LogP contribution in [0.1, 0.15) is 20.3 Å². The Kier molecular flexibility index (Phi) is 6.29. The van der Waals surface area contributed by atoms with Crippen molar-refractivity contribution in [3.8, 4) is 11.5 Å². The van der Waals surface area contributed by atoms with Crippen LogP contribution in [0, 0.1) is 0 Å². The van der Waals surface area contributed by atoms with Crippen molar-refractivity contribution in [2.45, 2.75) is 26.4 Å². The van der Waals surface area contributed by atoms with E-state index >= 15 is 0 Å². The number of rotatable bonds is 7. The molecule has 23 heavy (non-hydrogen) atoms. The number of halogens is 1. The zero-order chi connectivity index (χ0) is 16.7. The van der Waals surface area contributed by atoms with Crippen molar-refractivity contribution in [1.82, 2.24) is 0 Å². The first-order chi connectivity index (χ1) is 11.1. The summed E-state index contributed by atoms with van der Waals surface area (Å²) in [5, 5.41) is 3.28. The molecule has 0 heterocycles. The van der Waals surface area contributed by atoms with Gasteiger partial charge < -0.3 is 14.8 Å². The minimum Gasteiger partial charge on any atom is -0.494 e. The first-order valence-electron chi connectivity index (χ1n) is 7.55. The lowest BCUT2D eigenvalue weighted by Gasteiger charge is -2.15. The Bertz CT molecular complexity index is 643. The third kappa shape index (κ3) is 5.18. The number of hydrogen-bond acceptors (Lipinski definition) is 3. The predicted octanol–water partition coefficient (Wildman–Crippen LogP) is 4.53. The minimum absolute atomic E-state index is 0.243. The summed E-state index contributed by atoms with van der Waals surface area (Å²) in [5.74, 6) is 1.03. The molecule has 0 aliphatic rings. The van der Waals surface area contributed by atoms with Gasteiger partial charge in [0, 0.05) is 5.69 Å². The van der Waals surface area contributed by atoms with Crippen molar-refractivity contribution >= 4 is 23.2 Å². The Balaban J connectivity index is 1.91. The third-order valence-corrected chi connectivity index (χ3v) is 3.42. The van der Waals surface area contributed by atoms with E-state index in [1.54, 1.807) is 37.3 Å². The normalized spacial score (nSPS) is 11.6. The Hall–Kier alpha value is -2.20. The van der Waals surface area contributed by atoms with Gasteiger partial charge in [-0.2, -0.15) is 0 Å². The monoisotopic (exact) mass is 333 g/mol. The number of nitrogens with one attached hydrogen (secondary N) is 1. The van der Waals surface area contributed by atoms with Crippen LogP contribution in [0.15, 0.2) is 48.5 Å². The number of para-hydroxylation sites is 1. The van der Waals surface area contributed by atoms with E-state index in [0.717, 1.165) is 12.2 Å². The van der Waals surface area contributed by atoms with E-state index in [-0.39, 0.29) is 5.91 Å². The number of ether oxygens (including phenoxy) is 2. The van der Waals surface area contributed by atoms with Gasteiger partial charge in [-0.3, -0.25) is 4.79 Å². The lowest BCUT2D eigenvalue weighted by Crippen LogP contribution is -2.30. The summed E-state index contributed by atoms with van der Waals surface area (Å²) in [5.41, 5.74) is 0.688. The van der Waals surface area contributed by atoms with Crippen LogP contribution in [0.2, 0.25) is 5.02 Å². The summed E-state index contributed by atoms with van der Waals surface area (Å²) in [6.07, 6.45) is 0.293. The van der Waals surface area contributed by atoms with Crippen molar-refractivity contribution < 1.29 is 14.3 Å².